The van der Waals surface area contributed by atoms with Crippen molar-refractivity contribution in [2.24, 2.45) is 17.8 Å². The number of rotatable bonds is 8. The maximum atomic E-state index is 3.79. The minimum absolute atomic E-state index is 0.840. The van der Waals surface area contributed by atoms with Gasteiger partial charge in [-0.2, -0.15) is 0 Å². The zero-order chi connectivity index (χ0) is 12.1. The van der Waals surface area contributed by atoms with E-state index in [-0.39, 0.29) is 0 Å². The van der Waals surface area contributed by atoms with Gasteiger partial charge in [-0.05, 0) is 50.0 Å². The molecule has 0 amide bonds. The Kier molecular flexibility index (Phi) is 5.34. The molecule has 4 atom stereocenters. The molecule has 0 aromatic carbocycles. The molecule has 100 valence electrons. The Balaban J connectivity index is 1.76. The molecule has 0 heterocycles. The Hall–Kier alpha value is -0.0400. The van der Waals surface area contributed by atoms with Crippen molar-refractivity contribution < 1.29 is 0 Å². The Morgan fingerprint density at radius 1 is 1.06 bits per heavy atom. The number of hydrogen-bond donors (Lipinski definition) is 1. The molecule has 0 aromatic heterocycles. The van der Waals surface area contributed by atoms with Crippen molar-refractivity contribution in [3.05, 3.63) is 0 Å². The van der Waals surface area contributed by atoms with E-state index in [1.54, 1.807) is 6.42 Å². The molecule has 0 aliphatic heterocycles. The van der Waals surface area contributed by atoms with Gasteiger partial charge in [-0.15, -0.1) is 0 Å². The number of unbranched alkanes of at least 4 members (excludes halogenated alkanes) is 3. The van der Waals surface area contributed by atoms with Crippen molar-refractivity contribution in [2.75, 3.05) is 6.54 Å². The van der Waals surface area contributed by atoms with E-state index < -0.39 is 0 Å². The van der Waals surface area contributed by atoms with Crippen molar-refractivity contribution in [3.63, 3.8) is 0 Å². The third-order valence-corrected chi connectivity index (χ3v) is 5.14. The summed E-state index contributed by atoms with van der Waals surface area (Å²) in [7, 11) is 0. The van der Waals surface area contributed by atoms with Gasteiger partial charge in [-0.25, -0.2) is 0 Å². The van der Waals surface area contributed by atoms with Crippen LogP contribution in [0.3, 0.4) is 0 Å². The Morgan fingerprint density at radius 2 is 1.94 bits per heavy atom. The molecule has 0 spiro atoms. The molecule has 4 unspecified atom stereocenters. The fraction of sp³-hybridized carbons (Fsp3) is 1.00. The van der Waals surface area contributed by atoms with Gasteiger partial charge in [0, 0.05) is 6.04 Å². The minimum atomic E-state index is 0.840. The highest BCUT2D eigenvalue weighted by Crippen LogP contribution is 2.50. The summed E-state index contributed by atoms with van der Waals surface area (Å²) in [5.41, 5.74) is 0. The third kappa shape index (κ3) is 3.47. The highest BCUT2D eigenvalue weighted by atomic mass is 14.9. The van der Waals surface area contributed by atoms with E-state index in [4.69, 9.17) is 0 Å². The molecule has 0 aromatic rings. The normalized spacial score (nSPS) is 33.2. The van der Waals surface area contributed by atoms with E-state index >= 15 is 0 Å². The average molecular weight is 237 g/mol. The summed E-state index contributed by atoms with van der Waals surface area (Å²) in [5, 5.41) is 3.79. The van der Waals surface area contributed by atoms with Crippen LogP contribution in [0.25, 0.3) is 0 Å². The van der Waals surface area contributed by atoms with Crippen LogP contribution in [0.1, 0.15) is 71.6 Å². The minimum Gasteiger partial charge on any atom is -0.314 e. The third-order valence-electron chi connectivity index (χ3n) is 5.14. The molecular weight excluding hydrogens is 206 g/mol. The molecule has 1 heteroatoms. The Bertz CT molecular complexity index is 214. The Labute approximate surface area is 108 Å². The second-order valence-corrected chi connectivity index (χ2v) is 6.35. The SMILES string of the molecule is CCCCCCC(NCC)C1CC2CCC1C2. The predicted molar refractivity (Wildman–Crippen MR) is 75.2 cm³/mol. The van der Waals surface area contributed by atoms with E-state index in [1.807, 2.05) is 0 Å². The van der Waals surface area contributed by atoms with Gasteiger partial charge in [0.2, 0.25) is 0 Å². The summed E-state index contributed by atoms with van der Waals surface area (Å²) in [6, 6.07) is 0.840. The van der Waals surface area contributed by atoms with Gasteiger partial charge in [0.05, 0.1) is 0 Å². The van der Waals surface area contributed by atoms with Crippen LogP contribution >= 0.6 is 0 Å². The summed E-state index contributed by atoms with van der Waals surface area (Å²) in [4.78, 5) is 0. The van der Waals surface area contributed by atoms with Gasteiger partial charge in [-0.3, -0.25) is 0 Å². The maximum Gasteiger partial charge on any atom is 0.00979 e. The van der Waals surface area contributed by atoms with Crippen molar-refractivity contribution in [3.8, 4) is 0 Å². The zero-order valence-corrected chi connectivity index (χ0v) is 11.9. The molecule has 0 saturated heterocycles. The summed E-state index contributed by atoms with van der Waals surface area (Å²) in [5.74, 6) is 3.20. The summed E-state index contributed by atoms with van der Waals surface area (Å²) >= 11 is 0. The quantitative estimate of drug-likeness (QED) is 0.618. The first-order valence-corrected chi connectivity index (χ1v) is 8.08. The van der Waals surface area contributed by atoms with Crippen LogP contribution in [0, 0.1) is 17.8 Å². The summed E-state index contributed by atoms with van der Waals surface area (Å²) < 4.78 is 0. The van der Waals surface area contributed by atoms with Gasteiger partial charge in [0.25, 0.3) is 0 Å². The first-order valence-electron chi connectivity index (χ1n) is 8.08. The molecular formula is C16H31N. The highest BCUT2D eigenvalue weighted by Gasteiger charge is 2.42. The van der Waals surface area contributed by atoms with Crippen LogP contribution in [0.2, 0.25) is 0 Å². The lowest BCUT2D eigenvalue weighted by Crippen LogP contribution is -2.38. The van der Waals surface area contributed by atoms with Crippen LogP contribution in [0.4, 0.5) is 0 Å². The fourth-order valence-corrected chi connectivity index (χ4v) is 4.31. The fourth-order valence-electron chi connectivity index (χ4n) is 4.31. The second kappa shape index (κ2) is 6.78. The molecule has 17 heavy (non-hydrogen) atoms. The van der Waals surface area contributed by atoms with Gasteiger partial charge < -0.3 is 5.32 Å². The van der Waals surface area contributed by atoms with Crippen molar-refractivity contribution in [1.29, 1.82) is 0 Å². The summed E-state index contributed by atoms with van der Waals surface area (Å²) in [6.45, 7) is 5.73. The van der Waals surface area contributed by atoms with Gasteiger partial charge in [0.15, 0.2) is 0 Å². The molecule has 1 N–H and O–H groups in total. The maximum absolute atomic E-state index is 3.79. The van der Waals surface area contributed by atoms with Crippen molar-refractivity contribution in [1.82, 2.24) is 5.32 Å². The van der Waals surface area contributed by atoms with E-state index in [0.29, 0.717) is 0 Å². The van der Waals surface area contributed by atoms with Crippen LogP contribution < -0.4 is 5.32 Å². The standard InChI is InChI=1S/C16H31N/c1-3-5-6-7-8-16(17-4-2)15-12-13-9-10-14(15)11-13/h13-17H,3-12H2,1-2H3. The predicted octanol–water partition coefficient (Wildman–Crippen LogP) is 4.37. The molecule has 2 fully saturated rings. The molecule has 2 bridgehead atoms. The van der Waals surface area contributed by atoms with E-state index in [9.17, 15) is 0 Å². The van der Waals surface area contributed by atoms with Crippen LogP contribution in [0.5, 0.6) is 0 Å². The van der Waals surface area contributed by atoms with Gasteiger partial charge in [-0.1, -0.05) is 46.0 Å². The first kappa shape index (κ1) is 13.4. The monoisotopic (exact) mass is 237 g/mol. The smallest absolute Gasteiger partial charge is 0.00979 e. The van der Waals surface area contributed by atoms with Crippen LogP contribution in [-0.4, -0.2) is 12.6 Å². The molecule has 0 radical (unpaired) electrons. The van der Waals surface area contributed by atoms with E-state index in [0.717, 1.165) is 30.3 Å². The summed E-state index contributed by atoms with van der Waals surface area (Å²) in [6.07, 6.45) is 13.3. The molecule has 1 nitrogen and oxygen atoms in total. The lowest BCUT2D eigenvalue weighted by molar-refractivity contribution is 0.237. The van der Waals surface area contributed by atoms with E-state index in [2.05, 4.69) is 19.2 Å². The number of fused-ring (bicyclic) bond motifs is 2. The molecule has 2 saturated carbocycles. The Morgan fingerprint density at radius 3 is 2.53 bits per heavy atom. The van der Waals surface area contributed by atoms with Crippen LogP contribution in [0.15, 0.2) is 0 Å². The van der Waals surface area contributed by atoms with Crippen LogP contribution in [-0.2, 0) is 0 Å². The number of nitrogens with one attached hydrogen (secondary N) is 1. The van der Waals surface area contributed by atoms with Gasteiger partial charge in [0.1, 0.15) is 0 Å². The lowest BCUT2D eigenvalue weighted by Gasteiger charge is -2.31. The van der Waals surface area contributed by atoms with Gasteiger partial charge >= 0.3 is 0 Å². The highest BCUT2D eigenvalue weighted by molar-refractivity contribution is 4.95. The van der Waals surface area contributed by atoms with Crippen molar-refractivity contribution in [2.45, 2.75) is 77.7 Å². The zero-order valence-electron chi connectivity index (χ0n) is 11.9. The molecule has 2 aliphatic rings. The largest absolute Gasteiger partial charge is 0.314 e. The average Bonchev–Trinajstić information content (AvgIpc) is 2.95. The lowest BCUT2D eigenvalue weighted by atomic mass is 9.81. The number of hydrogen-bond acceptors (Lipinski definition) is 1. The first-order chi connectivity index (χ1) is 8.35. The molecule has 2 rings (SSSR count). The molecule has 2 aliphatic carbocycles. The van der Waals surface area contributed by atoms with E-state index in [1.165, 1.54) is 51.4 Å². The topological polar surface area (TPSA) is 12.0 Å². The van der Waals surface area contributed by atoms with Crippen molar-refractivity contribution >= 4 is 0 Å². The second-order valence-electron chi connectivity index (χ2n) is 6.35.